The molecule has 0 bridgehead atoms. The Balaban J connectivity index is 2.05. The van der Waals surface area contributed by atoms with Crippen molar-refractivity contribution >= 4 is 23.2 Å². The van der Waals surface area contributed by atoms with E-state index in [0.29, 0.717) is 16.9 Å². The summed E-state index contributed by atoms with van der Waals surface area (Å²) in [4.78, 5) is 38.8. The van der Waals surface area contributed by atoms with Crippen molar-refractivity contribution in [3.63, 3.8) is 0 Å². The Kier molecular flexibility index (Phi) is 2.72. The lowest BCUT2D eigenvalue weighted by Gasteiger charge is -2.34. The summed E-state index contributed by atoms with van der Waals surface area (Å²) < 4.78 is 16.6. The summed E-state index contributed by atoms with van der Waals surface area (Å²) in [6.45, 7) is 0. The van der Waals surface area contributed by atoms with Gasteiger partial charge >= 0.3 is 5.69 Å². The number of nitrogens with zero attached hydrogens (tertiary/aromatic N) is 3. The third-order valence-electron chi connectivity index (χ3n) is 5.32. The largest absolute Gasteiger partial charge is 0.332 e. The molecular formula is C17H13FN6O3. The van der Waals surface area contributed by atoms with Crippen LogP contribution in [0.3, 0.4) is 0 Å². The fraction of sp³-hybridized carbons (Fsp3) is 0.176. The maximum atomic E-state index is 14.4. The third-order valence-corrected chi connectivity index (χ3v) is 5.32. The van der Waals surface area contributed by atoms with Gasteiger partial charge in [-0.1, -0.05) is 12.1 Å². The number of fused-ring (bicyclic) bond motifs is 6. The summed E-state index contributed by atoms with van der Waals surface area (Å²) >= 11 is 0. The second-order valence-electron chi connectivity index (χ2n) is 6.58. The topological polar surface area (TPSA) is 114 Å². The van der Waals surface area contributed by atoms with E-state index in [4.69, 9.17) is 0 Å². The van der Waals surface area contributed by atoms with E-state index in [1.807, 2.05) is 0 Å². The second-order valence-corrected chi connectivity index (χ2v) is 6.58. The minimum atomic E-state index is -1.62. The van der Waals surface area contributed by atoms with Gasteiger partial charge in [0.25, 0.3) is 5.56 Å². The number of carbonyl (C=O) groups is 1. The number of benzene rings is 1. The molecule has 0 saturated carbocycles. The Morgan fingerprint density at radius 1 is 1.07 bits per heavy atom. The molecular weight excluding hydrogens is 355 g/mol. The number of carbonyl (C=O) groups excluding carboxylic acids is 1. The molecule has 9 nitrogen and oxygen atoms in total. The SMILES string of the molecule is Cn1c2c(c(=O)n(C)c1=O)C1(C(=O)Nc3c(F)cccc31)c1cn[nH]c1N2. The standard InChI is InChI=1S/C17H13FN6O3/c1-23-13-10(14(25)24(2)16(23)27)17(8-6-19-22-12(8)21-13)7-4-3-5-9(18)11(7)20-15(17)26/h3-6H,1-2H3,(H,20,26)(H2,19,21,22). The smallest absolute Gasteiger partial charge is 0.326 e. The fourth-order valence-corrected chi connectivity index (χ4v) is 4.06. The van der Waals surface area contributed by atoms with Gasteiger partial charge in [-0.25, -0.2) is 9.18 Å². The van der Waals surface area contributed by atoms with Crippen LogP contribution in [0.5, 0.6) is 0 Å². The summed E-state index contributed by atoms with van der Waals surface area (Å²) in [5, 5.41) is 12.3. The number of halogens is 1. The highest BCUT2D eigenvalue weighted by Gasteiger charge is 2.57. The van der Waals surface area contributed by atoms with Crippen LogP contribution in [0.1, 0.15) is 16.7 Å². The molecule has 2 aromatic heterocycles. The first-order valence-electron chi connectivity index (χ1n) is 8.10. The van der Waals surface area contributed by atoms with Gasteiger partial charge in [-0.3, -0.25) is 23.8 Å². The number of H-pyrrole nitrogens is 1. The van der Waals surface area contributed by atoms with Gasteiger partial charge in [0.1, 0.15) is 22.9 Å². The number of aromatic amines is 1. The quantitative estimate of drug-likeness (QED) is 0.528. The molecule has 27 heavy (non-hydrogen) atoms. The van der Waals surface area contributed by atoms with Crippen molar-refractivity contribution in [2.45, 2.75) is 5.41 Å². The lowest BCUT2D eigenvalue weighted by molar-refractivity contribution is -0.118. The van der Waals surface area contributed by atoms with Crippen molar-refractivity contribution in [2.24, 2.45) is 14.1 Å². The first-order valence-corrected chi connectivity index (χ1v) is 8.10. The molecule has 1 unspecified atom stereocenters. The van der Waals surface area contributed by atoms with E-state index in [9.17, 15) is 18.8 Å². The monoisotopic (exact) mass is 368 g/mol. The number of nitrogens with one attached hydrogen (secondary N) is 3. The van der Waals surface area contributed by atoms with Crippen LogP contribution < -0.4 is 21.9 Å². The van der Waals surface area contributed by atoms with Gasteiger partial charge < -0.3 is 10.6 Å². The van der Waals surface area contributed by atoms with Crippen LogP contribution in [0.15, 0.2) is 34.0 Å². The number of hydrogen-bond acceptors (Lipinski definition) is 5. The number of anilines is 3. The molecule has 0 aliphatic carbocycles. The molecule has 3 aromatic rings. The molecule has 1 amide bonds. The molecule has 0 radical (unpaired) electrons. The van der Waals surface area contributed by atoms with Crippen LogP contribution in [-0.2, 0) is 24.3 Å². The van der Waals surface area contributed by atoms with Crippen molar-refractivity contribution in [2.75, 3.05) is 10.6 Å². The molecule has 5 rings (SSSR count). The Hall–Kier alpha value is -3.69. The van der Waals surface area contributed by atoms with Crippen molar-refractivity contribution in [3.05, 3.63) is 67.7 Å². The van der Waals surface area contributed by atoms with E-state index in [1.165, 1.54) is 37.0 Å². The zero-order chi connectivity index (χ0) is 19.1. The lowest BCUT2D eigenvalue weighted by atomic mass is 9.69. The van der Waals surface area contributed by atoms with Crippen LogP contribution in [0, 0.1) is 5.82 Å². The minimum Gasteiger partial charge on any atom is -0.326 e. The van der Waals surface area contributed by atoms with Crippen molar-refractivity contribution < 1.29 is 9.18 Å². The third kappa shape index (κ3) is 1.58. The average molecular weight is 368 g/mol. The maximum absolute atomic E-state index is 14.4. The van der Waals surface area contributed by atoms with E-state index in [1.54, 1.807) is 6.07 Å². The van der Waals surface area contributed by atoms with Crippen LogP contribution in [0.25, 0.3) is 0 Å². The Morgan fingerprint density at radius 3 is 2.63 bits per heavy atom. The molecule has 2 aliphatic rings. The first-order chi connectivity index (χ1) is 12.9. The summed E-state index contributed by atoms with van der Waals surface area (Å²) in [7, 11) is 2.82. The highest BCUT2D eigenvalue weighted by Crippen LogP contribution is 2.53. The Morgan fingerprint density at radius 2 is 1.85 bits per heavy atom. The predicted molar refractivity (Wildman–Crippen MR) is 93.7 cm³/mol. The maximum Gasteiger partial charge on any atom is 0.332 e. The Labute approximate surface area is 150 Å². The van der Waals surface area contributed by atoms with Gasteiger partial charge in [0.15, 0.2) is 0 Å². The number of hydrogen-bond donors (Lipinski definition) is 3. The molecule has 1 aromatic carbocycles. The predicted octanol–water partition coefficient (Wildman–Crippen LogP) is 0.290. The van der Waals surface area contributed by atoms with E-state index >= 15 is 0 Å². The van der Waals surface area contributed by atoms with E-state index in [0.717, 1.165) is 4.57 Å². The molecule has 0 fully saturated rings. The van der Waals surface area contributed by atoms with Gasteiger partial charge in [-0.2, -0.15) is 5.10 Å². The minimum absolute atomic E-state index is 0.0124. The van der Waals surface area contributed by atoms with Crippen LogP contribution in [0.4, 0.5) is 21.7 Å². The first kappa shape index (κ1) is 15.6. The Bertz CT molecular complexity index is 1290. The van der Waals surface area contributed by atoms with Gasteiger partial charge in [-0.15, -0.1) is 0 Å². The molecule has 2 aliphatic heterocycles. The number of para-hydroxylation sites is 1. The molecule has 136 valence electrons. The normalized spacial score (nSPS) is 19.3. The average Bonchev–Trinajstić information content (AvgIpc) is 3.23. The lowest BCUT2D eigenvalue weighted by Crippen LogP contribution is -2.50. The number of amides is 1. The highest BCUT2D eigenvalue weighted by molar-refractivity contribution is 6.13. The number of rotatable bonds is 0. The number of aromatic nitrogens is 4. The molecule has 3 N–H and O–H groups in total. The van der Waals surface area contributed by atoms with E-state index in [-0.39, 0.29) is 17.1 Å². The molecule has 4 heterocycles. The van der Waals surface area contributed by atoms with Crippen molar-refractivity contribution in [3.8, 4) is 0 Å². The van der Waals surface area contributed by atoms with Gasteiger partial charge in [0.2, 0.25) is 5.91 Å². The van der Waals surface area contributed by atoms with E-state index < -0.39 is 28.4 Å². The van der Waals surface area contributed by atoms with E-state index in [2.05, 4.69) is 20.8 Å². The summed E-state index contributed by atoms with van der Waals surface area (Å²) in [5.41, 5.74) is -2.08. The van der Waals surface area contributed by atoms with Gasteiger partial charge in [-0.05, 0) is 6.07 Å². The summed E-state index contributed by atoms with van der Waals surface area (Å²) in [5.74, 6) is -0.668. The molecule has 0 saturated heterocycles. The highest BCUT2D eigenvalue weighted by atomic mass is 19.1. The summed E-state index contributed by atoms with van der Waals surface area (Å²) in [6.07, 6.45) is 1.43. The van der Waals surface area contributed by atoms with Crippen molar-refractivity contribution in [1.29, 1.82) is 0 Å². The molecule has 1 atom stereocenters. The van der Waals surface area contributed by atoms with Crippen molar-refractivity contribution in [1.82, 2.24) is 19.3 Å². The summed E-state index contributed by atoms with van der Waals surface area (Å²) in [6, 6.07) is 4.30. The van der Waals surface area contributed by atoms with Crippen LogP contribution in [-0.4, -0.2) is 25.2 Å². The van der Waals surface area contributed by atoms with Crippen LogP contribution in [0.2, 0.25) is 0 Å². The van der Waals surface area contributed by atoms with Gasteiger partial charge in [0, 0.05) is 25.2 Å². The second kappa shape index (κ2) is 4.72. The fourth-order valence-electron chi connectivity index (χ4n) is 4.06. The molecule has 1 spiro atoms. The van der Waals surface area contributed by atoms with Crippen LogP contribution >= 0.6 is 0 Å². The molecule has 10 heteroatoms. The zero-order valence-corrected chi connectivity index (χ0v) is 14.3. The zero-order valence-electron chi connectivity index (χ0n) is 14.3. The van der Waals surface area contributed by atoms with Gasteiger partial charge in [0.05, 0.1) is 17.4 Å².